The van der Waals surface area contributed by atoms with Crippen LogP contribution in [0, 0.1) is 5.82 Å². The SMILES string of the molecule is COc1ccc2c(F)c(C=C(C)C(=O)Nc3ccccc3C(=O)O)ccc2c1. The Balaban J connectivity index is 1.90. The minimum Gasteiger partial charge on any atom is -0.497 e. The second-order valence-electron chi connectivity index (χ2n) is 6.19. The largest absolute Gasteiger partial charge is 0.497 e. The lowest BCUT2D eigenvalue weighted by Crippen LogP contribution is -2.15. The topological polar surface area (TPSA) is 75.6 Å². The Labute approximate surface area is 161 Å². The van der Waals surface area contributed by atoms with Crippen LogP contribution in [0.1, 0.15) is 22.8 Å². The van der Waals surface area contributed by atoms with Gasteiger partial charge in [0.2, 0.25) is 0 Å². The van der Waals surface area contributed by atoms with Crippen molar-refractivity contribution in [3.8, 4) is 5.75 Å². The van der Waals surface area contributed by atoms with Crippen molar-refractivity contribution in [2.24, 2.45) is 0 Å². The molecule has 0 aliphatic heterocycles. The molecule has 0 radical (unpaired) electrons. The zero-order valence-corrected chi connectivity index (χ0v) is 15.3. The molecule has 0 aliphatic carbocycles. The Kier molecular flexibility index (Phi) is 5.40. The molecule has 1 amide bonds. The minimum atomic E-state index is -1.14. The Morgan fingerprint density at radius 3 is 2.57 bits per heavy atom. The van der Waals surface area contributed by atoms with E-state index in [0.717, 1.165) is 0 Å². The average Bonchev–Trinajstić information content (AvgIpc) is 2.69. The second-order valence-corrected chi connectivity index (χ2v) is 6.19. The highest BCUT2D eigenvalue weighted by atomic mass is 19.1. The number of nitrogens with one attached hydrogen (secondary N) is 1. The maximum absolute atomic E-state index is 14.8. The van der Waals surface area contributed by atoms with Gasteiger partial charge in [0.25, 0.3) is 5.91 Å². The predicted octanol–water partition coefficient (Wildman–Crippen LogP) is 4.73. The highest BCUT2D eigenvalue weighted by Crippen LogP contribution is 2.26. The first-order valence-corrected chi connectivity index (χ1v) is 8.49. The molecule has 3 rings (SSSR count). The van der Waals surface area contributed by atoms with Crippen molar-refractivity contribution in [2.75, 3.05) is 12.4 Å². The number of fused-ring (bicyclic) bond motifs is 1. The molecule has 0 saturated heterocycles. The summed E-state index contributed by atoms with van der Waals surface area (Å²) in [5.41, 5.74) is 0.664. The zero-order chi connectivity index (χ0) is 20.3. The fourth-order valence-electron chi connectivity index (χ4n) is 2.82. The van der Waals surface area contributed by atoms with Crippen LogP contribution in [0.25, 0.3) is 16.8 Å². The number of carbonyl (C=O) groups excluding carboxylic acids is 1. The number of anilines is 1. The molecule has 0 aromatic heterocycles. The number of hydrogen-bond donors (Lipinski definition) is 2. The van der Waals surface area contributed by atoms with Crippen LogP contribution in [-0.4, -0.2) is 24.1 Å². The molecule has 0 unspecified atom stereocenters. The standard InChI is InChI=1S/C22H18FNO4/c1-13(21(25)24-19-6-4-3-5-18(19)22(26)27)11-15-8-7-14-12-16(28-2)9-10-17(14)20(15)23/h3-12H,1-2H3,(H,24,25)(H,26,27). The molecule has 0 saturated carbocycles. The number of aromatic carboxylic acids is 1. The predicted molar refractivity (Wildman–Crippen MR) is 106 cm³/mol. The van der Waals surface area contributed by atoms with E-state index in [1.54, 1.807) is 49.6 Å². The van der Waals surface area contributed by atoms with Crippen molar-refractivity contribution in [2.45, 2.75) is 6.92 Å². The van der Waals surface area contributed by atoms with E-state index in [4.69, 9.17) is 4.74 Å². The summed E-state index contributed by atoms with van der Waals surface area (Å²) < 4.78 is 20.0. The Morgan fingerprint density at radius 2 is 1.86 bits per heavy atom. The molecule has 0 atom stereocenters. The van der Waals surface area contributed by atoms with Gasteiger partial charge in [-0.3, -0.25) is 4.79 Å². The molecular formula is C22H18FNO4. The molecule has 5 nitrogen and oxygen atoms in total. The van der Waals surface area contributed by atoms with E-state index in [-0.39, 0.29) is 22.4 Å². The maximum Gasteiger partial charge on any atom is 0.337 e. The number of amides is 1. The smallest absolute Gasteiger partial charge is 0.337 e. The van der Waals surface area contributed by atoms with Gasteiger partial charge in [-0.2, -0.15) is 0 Å². The summed E-state index contributed by atoms with van der Waals surface area (Å²) in [7, 11) is 1.54. The summed E-state index contributed by atoms with van der Waals surface area (Å²) in [5.74, 6) is -1.47. The highest BCUT2D eigenvalue weighted by Gasteiger charge is 2.14. The molecule has 28 heavy (non-hydrogen) atoms. The third kappa shape index (κ3) is 3.86. The summed E-state index contributed by atoms with van der Waals surface area (Å²) in [6.45, 7) is 1.54. The third-order valence-electron chi connectivity index (χ3n) is 4.33. The number of ether oxygens (including phenoxy) is 1. The number of carbonyl (C=O) groups is 2. The van der Waals surface area contributed by atoms with Crippen molar-refractivity contribution in [1.29, 1.82) is 0 Å². The monoisotopic (exact) mass is 379 g/mol. The Morgan fingerprint density at radius 1 is 1.11 bits per heavy atom. The van der Waals surface area contributed by atoms with Gasteiger partial charge in [0.05, 0.1) is 18.4 Å². The van der Waals surface area contributed by atoms with Gasteiger partial charge in [0, 0.05) is 16.5 Å². The Bertz CT molecular complexity index is 1100. The van der Waals surface area contributed by atoms with E-state index in [9.17, 15) is 19.1 Å². The first kappa shape index (κ1) is 19.1. The molecule has 0 fully saturated rings. The lowest BCUT2D eigenvalue weighted by atomic mass is 10.0. The van der Waals surface area contributed by atoms with Crippen LogP contribution >= 0.6 is 0 Å². The minimum absolute atomic E-state index is 0.0190. The van der Waals surface area contributed by atoms with Gasteiger partial charge in [-0.05, 0) is 48.7 Å². The summed E-state index contributed by atoms with van der Waals surface area (Å²) >= 11 is 0. The summed E-state index contributed by atoms with van der Waals surface area (Å²) in [4.78, 5) is 23.7. The van der Waals surface area contributed by atoms with Crippen molar-refractivity contribution >= 4 is 34.4 Å². The number of para-hydroxylation sites is 1. The summed E-state index contributed by atoms with van der Waals surface area (Å²) in [6, 6.07) is 14.4. The lowest BCUT2D eigenvalue weighted by molar-refractivity contribution is -0.112. The van der Waals surface area contributed by atoms with Crippen LogP contribution in [0.5, 0.6) is 5.75 Å². The molecule has 0 spiro atoms. The van der Waals surface area contributed by atoms with E-state index < -0.39 is 17.7 Å². The van der Waals surface area contributed by atoms with Gasteiger partial charge in [0.1, 0.15) is 11.6 Å². The molecular weight excluding hydrogens is 361 g/mol. The van der Waals surface area contributed by atoms with Gasteiger partial charge in [0.15, 0.2) is 0 Å². The third-order valence-corrected chi connectivity index (χ3v) is 4.33. The van der Waals surface area contributed by atoms with Crippen molar-refractivity contribution in [3.05, 3.63) is 77.1 Å². The van der Waals surface area contributed by atoms with Crippen molar-refractivity contribution < 1.29 is 23.8 Å². The van der Waals surface area contributed by atoms with Gasteiger partial charge in [-0.15, -0.1) is 0 Å². The molecule has 2 N–H and O–H groups in total. The quantitative estimate of drug-likeness (QED) is 0.629. The normalized spacial score (nSPS) is 11.3. The Hall–Kier alpha value is -3.67. The molecule has 0 bridgehead atoms. The lowest BCUT2D eigenvalue weighted by Gasteiger charge is -2.09. The van der Waals surface area contributed by atoms with Crippen molar-refractivity contribution in [1.82, 2.24) is 0 Å². The number of benzene rings is 3. The van der Waals surface area contributed by atoms with E-state index in [1.807, 2.05) is 0 Å². The van der Waals surface area contributed by atoms with Crippen LogP contribution in [0.4, 0.5) is 10.1 Å². The van der Waals surface area contributed by atoms with Gasteiger partial charge >= 0.3 is 5.97 Å². The molecule has 3 aromatic rings. The van der Waals surface area contributed by atoms with Crippen LogP contribution < -0.4 is 10.1 Å². The fraction of sp³-hybridized carbons (Fsp3) is 0.0909. The molecule has 6 heteroatoms. The number of carboxylic acid groups (broad SMARTS) is 1. The first-order chi connectivity index (χ1) is 13.4. The number of carboxylic acids is 1. The molecule has 0 aliphatic rings. The average molecular weight is 379 g/mol. The summed E-state index contributed by atoms with van der Waals surface area (Å²) in [5, 5.41) is 12.9. The van der Waals surface area contributed by atoms with E-state index in [2.05, 4.69) is 5.32 Å². The first-order valence-electron chi connectivity index (χ1n) is 8.49. The van der Waals surface area contributed by atoms with Gasteiger partial charge < -0.3 is 15.2 Å². The van der Waals surface area contributed by atoms with Crippen LogP contribution in [0.3, 0.4) is 0 Å². The maximum atomic E-state index is 14.8. The van der Waals surface area contributed by atoms with E-state index in [1.165, 1.54) is 25.1 Å². The number of methoxy groups -OCH3 is 1. The van der Waals surface area contributed by atoms with Gasteiger partial charge in [-0.25, -0.2) is 9.18 Å². The number of halogens is 1. The zero-order valence-electron chi connectivity index (χ0n) is 15.3. The van der Waals surface area contributed by atoms with Crippen LogP contribution in [-0.2, 0) is 4.79 Å². The molecule has 0 heterocycles. The second kappa shape index (κ2) is 7.92. The van der Waals surface area contributed by atoms with E-state index >= 15 is 0 Å². The molecule has 3 aromatic carbocycles. The van der Waals surface area contributed by atoms with Gasteiger partial charge in [-0.1, -0.05) is 24.3 Å². The summed E-state index contributed by atoms with van der Waals surface area (Å²) in [6.07, 6.45) is 1.43. The van der Waals surface area contributed by atoms with Crippen LogP contribution in [0.15, 0.2) is 60.2 Å². The number of rotatable bonds is 5. The van der Waals surface area contributed by atoms with Crippen molar-refractivity contribution in [3.63, 3.8) is 0 Å². The fourth-order valence-corrected chi connectivity index (χ4v) is 2.82. The highest BCUT2D eigenvalue weighted by molar-refractivity contribution is 6.09. The number of hydrogen-bond acceptors (Lipinski definition) is 3. The van der Waals surface area contributed by atoms with Crippen LogP contribution in [0.2, 0.25) is 0 Å². The molecule has 142 valence electrons. The van der Waals surface area contributed by atoms with E-state index in [0.29, 0.717) is 16.5 Å².